The van der Waals surface area contributed by atoms with E-state index < -0.39 is 17.7 Å². The summed E-state index contributed by atoms with van der Waals surface area (Å²) in [7, 11) is 1.43. The van der Waals surface area contributed by atoms with E-state index in [1.165, 1.54) is 12.0 Å². The molecular formula is C28H26ClNO5. The third-order valence-corrected chi connectivity index (χ3v) is 6.16. The molecule has 7 heteroatoms. The van der Waals surface area contributed by atoms with E-state index in [9.17, 15) is 14.7 Å². The molecule has 1 aliphatic heterocycles. The highest BCUT2D eigenvalue weighted by atomic mass is 35.5. The van der Waals surface area contributed by atoms with Crippen LogP contribution in [0, 0.1) is 13.8 Å². The van der Waals surface area contributed by atoms with Crippen LogP contribution in [-0.2, 0) is 9.59 Å². The first-order valence-corrected chi connectivity index (χ1v) is 11.6. The number of ketones is 1. The van der Waals surface area contributed by atoms with E-state index >= 15 is 0 Å². The minimum absolute atomic E-state index is 0.0329. The lowest BCUT2D eigenvalue weighted by molar-refractivity contribution is -0.132. The van der Waals surface area contributed by atoms with Crippen LogP contribution >= 0.6 is 11.6 Å². The van der Waals surface area contributed by atoms with Crippen LogP contribution in [0.2, 0.25) is 5.02 Å². The predicted molar refractivity (Wildman–Crippen MR) is 136 cm³/mol. The van der Waals surface area contributed by atoms with Gasteiger partial charge in [-0.15, -0.1) is 0 Å². The Labute approximate surface area is 209 Å². The molecule has 0 saturated carbocycles. The monoisotopic (exact) mass is 491 g/mol. The van der Waals surface area contributed by atoms with Crippen LogP contribution in [0.25, 0.3) is 5.76 Å². The van der Waals surface area contributed by atoms with Gasteiger partial charge in [0.2, 0.25) is 0 Å². The second-order valence-corrected chi connectivity index (χ2v) is 8.74. The van der Waals surface area contributed by atoms with Gasteiger partial charge < -0.3 is 14.6 Å². The molecule has 180 valence electrons. The maximum absolute atomic E-state index is 13.4. The van der Waals surface area contributed by atoms with Crippen molar-refractivity contribution >= 4 is 34.7 Å². The number of hydrogen-bond donors (Lipinski definition) is 1. The molecule has 1 fully saturated rings. The molecule has 1 N–H and O–H groups in total. The molecule has 0 radical (unpaired) electrons. The standard InChI is InChI=1S/C28H26ClNO5/c1-5-35-20-11-9-19(10-12-20)30-24(18-8-6-7-16(2)13-18)23(26(32)28(30)33)25(31)21-14-17(3)15-22(29)27(21)34-4/h6-15,24,31H,5H2,1-4H3/b25-23+. The van der Waals surface area contributed by atoms with Crippen LogP contribution in [0.4, 0.5) is 5.69 Å². The largest absolute Gasteiger partial charge is 0.507 e. The highest BCUT2D eigenvalue weighted by molar-refractivity contribution is 6.51. The number of aliphatic hydroxyl groups is 1. The molecule has 1 aliphatic rings. The quantitative estimate of drug-likeness (QED) is 0.260. The first-order chi connectivity index (χ1) is 16.8. The van der Waals surface area contributed by atoms with Gasteiger partial charge in [-0.25, -0.2) is 0 Å². The van der Waals surface area contributed by atoms with Crippen molar-refractivity contribution in [1.29, 1.82) is 0 Å². The summed E-state index contributed by atoms with van der Waals surface area (Å²) in [5.74, 6) is -0.989. The topological polar surface area (TPSA) is 76.1 Å². The van der Waals surface area contributed by atoms with Gasteiger partial charge in [0.1, 0.15) is 17.3 Å². The molecule has 1 saturated heterocycles. The fourth-order valence-electron chi connectivity index (χ4n) is 4.38. The molecule has 0 bridgehead atoms. The van der Waals surface area contributed by atoms with E-state index in [0.717, 1.165) is 11.1 Å². The van der Waals surface area contributed by atoms with Gasteiger partial charge in [-0.2, -0.15) is 0 Å². The fraction of sp³-hybridized carbons (Fsp3) is 0.214. The van der Waals surface area contributed by atoms with E-state index in [4.69, 9.17) is 21.1 Å². The van der Waals surface area contributed by atoms with Gasteiger partial charge in [0.15, 0.2) is 0 Å². The smallest absolute Gasteiger partial charge is 0.300 e. The Morgan fingerprint density at radius 2 is 1.74 bits per heavy atom. The first kappa shape index (κ1) is 24.4. The summed E-state index contributed by atoms with van der Waals surface area (Å²) in [4.78, 5) is 28.2. The van der Waals surface area contributed by atoms with E-state index in [0.29, 0.717) is 28.6 Å². The third-order valence-electron chi connectivity index (χ3n) is 5.88. The average Bonchev–Trinajstić information content (AvgIpc) is 3.09. The maximum atomic E-state index is 13.4. The maximum Gasteiger partial charge on any atom is 0.300 e. The number of aryl methyl sites for hydroxylation is 2. The normalized spacial score (nSPS) is 17.1. The molecule has 1 amide bonds. The number of ether oxygens (including phenoxy) is 2. The first-order valence-electron chi connectivity index (χ1n) is 11.2. The minimum Gasteiger partial charge on any atom is -0.507 e. The van der Waals surface area contributed by atoms with Gasteiger partial charge in [0.25, 0.3) is 11.7 Å². The number of rotatable bonds is 6. The zero-order valence-corrected chi connectivity index (χ0v) is 20.7. The van der Waals surface area contributed by atoms with E-state index in [1.54, 1.807) is 36.4 Å². The summed E-state index contributed by atoms with van der Waals surface area (Å²) in [6, 6.07) is 17.0. The van der Waals surface area contributed by atoms with Gasteiger partial charge in [-0.1, -0.05) is 41.4 Å². The van der Waals surface area contributed by atoms with Gasteiger partial charge in [0.05, 0.1) is 35.9 Å². The van der Waals surface area contributed by atoms with Crippen LogP contribution in [0.3, 0.4) is 0 Å². The Hall–Kier alpha value is -3.77. The molecule has 3 aromatic rings. The summed E-state index contributed by atoms with van der Waals surface area (Å²) >= 11 is 6.36. The van der Waals surface area contributed by atoms with Gasteiger partial charge in [-0.3, -0.25) is 14.5 Å². The summed E-state index contributed by atoms with van der Waals surface area (Å²) in [6.07, 6.45) is 0. The summed E-state index contributed by atoms with van der Waals surface area (Å²) < 4.78 is 10.9. The lowest BCUT2D eigenvalue weighted by Crippen LogP contribution is -2.29. The Kier molecular flexibility index (Phi) is 6.85. The molecule has 35 heavy (non-hydrogen) atoms. The lowest BCUT2D eigenvalue weighted by atomic mass is 9.93. The highest BCUT2D eigenvalue weighted by Crippen LogP contribution is 2.44. The zero-order chi connectivity index (χ0) is 25.3. The molecule has 3 aromatic carbocycles. The van der Waals surface area contributed by atoms with Gasteiger partial charge in [0, 0.05) is 5.69 Å². The molecule has 4 rings (SSSR count). The Morgan fingerprint density at radius 1 is 1.03 bits per heavy atom. The van der Waals surface area contributed by atoms with Crippen molar-refractivity contribution in [3.8, 4) is 11.5 Å². The number of amides is 1. The number of benzene rings is 3. The van der Waals surface area contributed by atoms with Crippen LogP contribution < -0.4 is 14.4 Å². The lowest BCUT2D eigenvalue weighted by Gasteiger charge is -2.26. The number of nitrogens with zero attached hydrogens (tertiary/aromatic N) is 1. The SMILES string of the molecule is CCOc1ccc(N2C(=O)C(=O)/C(=C(/O)c3cc(C)cc(Cl)c3OC)C2c2cccc(C)c2)cc1. The zero-order valence-electron chi connectivity index (χ0n) is 20.0. The van der Waals surface area contributed by atoms with Crippen LogP contribution in [0.1, 0.15) is 35.2 Å². The summed E-state index contributed by atoms with van der Waals surface area (Å²) in [6.45, 7) is 6.14. The van der Waals surface area contributed by atoms with Crippen molar-refractivity contribution in [3.63, 3.8) is 0 Å². The predicted octanol–water partition coefficient (Wildman–Crippen LogP) is 5.99. The minimum atomic E-state index is -0.850. The van der Waals surface area contributed by atoms with Crippen molar-refractivity contribution in [2.24, 2.45) is 0 Å². The van der Waals surface area contributed by atoms with E-state index in [1.807, 2.05) is 45.0 Å². The van der Waals surface area contributed by atoms with Gasteiger partial charge >= 0.3 is 0 Å². The van der Waals surface area contributed by atoms with Crippen molar-refractivity contribution in [2.75, 3.05) is 18.6 Å². The number of aliphatic hydroxyl groups excluding tert-OH is 1. The van der Waals surface area contributed by atoms with Crippen molar-refractivity contribution in [1.82, 2.24) is 0 Å². The number of halogens is 1. The average molecular weight is 492 g/mol. The van der Waals surface area contributed by atoms with E-state index in [-0.39, 0.29) is 22.6 Å². The molecule has 1 heterocycles. The summed E-state index contributed by atoms with van der Waals surface area (Å²) in [5.41, 5.74) is 3.14. The van der Waals surface area contributed by atoms with Crippen molar-refractivity contribution in [2.45, 2.75) is 26.8 Å². The van der Waals surface area contributed by atoms with Crippen LogP contribution in [0.15, 0.2) is 66.2 Å². The molecule has 0 spiro atoms. The van der Waals surface area contributed by atoms with Crippen molar-refractivity contribution in [3.05, 3.63) is 93.5 Å². The molecular weight excluding hydrogens is 466 g/mol. The van der Waals surface area contributed by atoms with Crippen molar-refractivity contribution < 1.29 is 24.2 Å². The molecule has 0 aromatic heterocycles. The number of hydrogen-bond acceptors (Lipinski definition) is 5. The Balaban J connectivity index is 1.96. The summed E-state index contributed by atoms with van der Waals surface area (Å²) in [5, 5.41) is 11.8. The number of carbonyl (C=O) groups is 2. The second kappa shape index (κ2) is 9.84. The molecule has 1 atom stereocenters. The molecule has 0 aliphatic carbocycles. The van der Waals surface area contributed by atoms with Crippen LogP contribution in [-0.4, -0.2) is 30.5 Å². The molecule has 6 nitrogen and oxygen atoms in total. The van der Waals surface area contributed by atoms with Crippen LogP contribution in [0.5, 0.6) is 11.5 Å². The third kappa shape index (κ3) is 4.49. The number of methoxy groups -OCH3 is 1. The fourth-order valence-corrected chi connectivity index (χ4v) is 4.73. The Morgan fingerprint density at radius 3 is 2.37 bits per heavy atom. The highest BCUT2D eigenvalue weighted by Gasteiger charge is 2.47. The number of Topliss-reactive ketones (excluding diaryl/α,β-unsaturated/α-hetero) is 1. The van der Waals surface area contributed by atoms with Gasteiger partial charge in [-0.05, 0) is 68.3 Å². The van der Waals surface area contributed by atoms with E-state index in [2.05, 4.69) is 0 Å². The Bertz CT molecular complexity index is 1330. The number of carbonyl (C=O) groups excluding carboxylic acids is 2. The number of anilines is 1. The second-order valence-electron chi connectivity index (χ2n) is 8.34. The molecule has 1 unspecified atom stereocenters.